The molecule has 0 unspecified atom stereocenters. The number of hydrazone groups is 1. The topological polar surface area (TPSA) is 67.9 Å². The zero-order valence-electron chi connectivity index (χ0n) is 13.1. The van der Waals surface area contributed by atoms with Crippen LogP contribution in [-0.2, 0) is 0 Å². The molecule has 2 N–H and O–H groups in total. The zero-order valence-corrected chi connectivity index (χ0v) is 13.1. The molecule has 2 atom stereocenters. The summed E-state index contributed by atoms with van der Waals surface area (Å²) in [5.74, 6) is 0.0136. The van der Waals surface area contributed by atoms with Crippen LogP contribution in [0.4, 0.5) is 9.18 Å². The molecular weight excluding hydrogens is 309 g/mol. The van der Waals surface area contributed by atoms with Gasteiger partial charge in [0.05, 0.1) is 24.3 Å². The number of ether oxygens (including phenoxy) is 1. The fraction of sp³-hybridized carbons (Fsp3) is 0.222. The summed E-state index contributed by atoms with van der Waals surface area (Å²) in [6, 6.07) is 11.2. The van der Waals surface area contributed by atoms with Gasteiger partial charge in [-0.25, -0.2) is 14.2 Å². The van der Waals surface area contributed by atoms with Gasteiger partial charge < -0.3 is 10.5 Å². The number of hydrogen-bond acceptors (Lipinski definition) is 3. The summed E-state index contributed by atoms with van der Waals surface area (Å²) in [4.78, 5) is 11.9. The van der Waals surface area contributed by atoms with E-state index in [0.29, 0.717) is 23.6 Å². The molecular formula is C18H16FN3O2. The highest BCUT2D eigenvalue weighted by molar-refractivity contribution is 6.07. The molecule has 0 bridgehead atoms. The minimum Gasteiger partial charge on any atom is -0.492 e. The molecule has 2 aromatic rings. The van der Waals surface area contributed by atoms with Crippen molar-refractivity contribution in [1.82, 2.24) is 5.01 Å². The molecule has 24 heavy (non-hydrogen) atoms. The quantitative estimate of drug-likeness (QED) is 0.876. The highest BCUT2D eigenvalue weighted by atomic mass is 19.1. The second-order valence-electron chi connectivity index (χ2n) is 6.09. The molecule has 2 amide bonds. The fourth-order valence-corrected chi connectivity index (χ4v) is 3.42. The first-order valence-corrected chi connectivity index (χ1v) is 7.71. The SMILES string of the molecule is Cc1cccc([C@@H]2[C@@H]3COc4ccc(F)cc4C3=NN2C(N)=O)c1. The third kappa shape index (κ3) is 2.22. The molecule has 4 rings (SSSR count). The highest BCUT2D eigenvalue weighted by Gasteiger charge is 2.44. The smallest absolute Gasteiger partial charge is 0.335 e. The van der Waals surface area contributed by atoms with Crippen molar-refractivity contribution in [2.24, 2.45) is 16.8 Å². The van der Waals surface area contributed by atoms with E-state index in [1.165, 1.54) is 17.1 Å². The predicted octanol–water partition coefficient (Wildman–Crippen LogP) is 2.98. The van der Waals surface area contributed by atoms with Gasteiger partial charge in [0.2, 0.25) is 0 Å². The molecule has 6 heteroatoms. The Bertz CT molecular complexity index is 865. The first-order valence-electron chi connectivity index (χ1n) is 7.71. The summed E-state index contributed by atoms with van der Waals surface area (Å²) >= 11 is 0. The minimum absolute atomic E-state index is 0.186. The number of carbonyl (C=O) groups excluding carboxylic acids is 1. The van der Waals surface area contributed by atoms with Crippen LogP contribution in [0.2, 0.25) is 0 Å². The Balaban J connectivity index is 1.83. The van der Waals surface area contributed by atoms with E-state index in [9.17, 15) is 9.18 Å². The lowest BCUT2D eigenvalue weighted by Crippen LogP contribution is -2.37. The van der Waals surface area contributed by atoms with Crippen LogP contribution < -0.4 is 10.5 Å². The monoisotopic (exact) mass is 325 g/mol. The van der Waals surface area contributed by atoms with Crippen molar-refractivity contribution in [2.75, 3.05) is 6.61 Å². The van der Waals surface area contributed by atoms with Gasteiger partial charge in [0.15, 0.2) is 0 Å². The van der Waals surface area contributed by atoms with Crippen molar-refractivity contribution in [2.45, 2.75) is 13.0 Å². The molecule has 0 fully saturated rings. The predicted molar refractivity (Wildman–Crippen MR) is 87.3 cm³/mol. The number of nitrogens with two attached hydrogens (primary N) is 1. The summed E-state index contributed by atoms with van der Waals surface area (Å²) in [6.45, 7) is 2.34. The Labute approximate surface area is 138 Å². The van der Waals surface area contributed by atoms with Crippen molar-refractivity contribution in [3.8, 4) is 5.75 Å². The van der Waals surface area contributed by atoms with Crippen LogP contribution in [0.15, 0.2) is 47.6 Å². The number of hydrogen-bond donors (Lipinski definition) is 1. The Morgan fingerprint density at radius 2 is 2.17 bits per heavy atom. The van der Waals surface area contributed by atoms with Crippen molar-refractivity contribution in [1.29, 1.82) is 0 Å². The average Bonchev–Trinajstić information content (AvgIpc) is 2.95. The van der Waals surface area contributed by atoms with Gasteiger partial charge in [-0.1, -0.05) is 29.8 Å². The number of rotatable bonds is 1. The van der Waals surface area contributed by atoms with Crippen molar-refractivity contribution < 1.29 is 13.9 Å². The van der Waals surface area contributed by atoms with Gasteiger partial charge in [-0.3, -0.25) is 0 Å². The van der Waals surface area contributed by atoms with Crippen LogP contribution in [0.1, 0.15) is 22.7 Å². The summed E-state index contributed by atoms with van der Waals surface area (Å²) in [6.07, 6.45) is 0. The number of amides is 2. The molecule has 2 heterocycles. The fourth-order valence-electron chi connectivity index (χ4n) is 3.42. The zero-order chi connectivity index (χ0) is 16.8. The second-order valence-corrected chi connectivity index (χ2v) is 6.09. The van der Waals surface area contributed by atoms with E-state index in [1.807, 2.05) is 31.2 Å². The number of primary amides is 1. The normalized spacial score (nSPS) is 21.6. The highest BCUT2D eigenvalue weighted by Crippen LogP contribution is 2.42. The van der Waals surface area contributed by atoms with E-state index in [2.05, 4.69) is 5.10 Å². The summed E-state index contributed by atoms with van der Waals surface area (Å²) < 4.78 is 19.4. The van der Waals surface area contributed by atoms with Crippen LogP contribution >= 0.6 is 0 Å². The van der Waals surface area contributed by atoms with Gasteiger partial charge in [-0.15, -0.1) is 0 Å². The lowest BCUT2D eigenvalue weighted by molar-refractivity contribution is 0.168. The van der Waals surface area contributed by atoms with Crippen LogP contribution in [0.25, 0.3) is 0 Å². The number of benzene rings is 2. The van der Waals surface area contributed by atoms with Gasteiger partial charge >= 0.3 is 6.03 Å². The number of carbonyl (C=O) groups is 1. The van der Waals surface area contributed by atoms with Crippen molar-refractivity contribution in [3.63, 3.8) is 0 Å². The Morgan fingerprint density at radius 1 is 1.33 bits per heavy atom. The molecule has 2 aromatic carbocycles. The average molecular weight is 325 g/mol. The second kappa shape index (κ2) is 5.33. The van der Waals surface area contributed by atoms with Gasteiger partial charge in [0.1, 0.15) is 11.6 Å². The summed E-state index contributed by atoms with van der Waals surface area (Å²) in [5.41, 5.74) is 8.76. The molecule has 2 aliphatic rings. The molecule has 0 aromatic heterocycles. The molecule has 122 valence electrons. The number of nitrogens with zero attached hydrogens (tertiary/aromatic N) is 2. The van der Waals surface area contributed by atoms with E-state index in [-0.39, 0.29) is 17.8 Å². The van der Waals surface area contributed by atoms with Crippen LogP contribution in [0.3, 0.4) is 0 Å². The molecule has 2 aliphatic heterocycles. The molecule has 0 saturated carbocycles. The third-order valence-electron chi connectivity index (χ3n) is 4.46. The third-order valence-corrected chi connectivity index (χ3v) is 4.46. The lowest BCUT2D eigenvalue weighted by Gasteiger charge is -2.29. The van der Waals surface area contributed by atoms with Crippen LogP contribution in [0, 0.1) is 18.7 Å². The Kier molecular flexibility index (Phi) is 3.26. The molecule has 0 aliphatic carbocycles. The number of urea groups is 1. The maximum absolute atomic E-state index is 13.7. The van der Waals surface area contributed by atoms with E-state index >= 15 is 0 Å². The van der Waals surface area contributed by atoms with E-state index < -0.39 is 6.03 Å². The Hall–Kier alpha value is -2.89. The number of fused-ring (bicyclic) bond motifs is 3. The molecule has 0 radical (unpaired) electrons. The first-order chi connectivity index (χ1) is 11.5. The summed E-state index contributed by atoms with van der Waals surface area (Å²) in [7, 11) is 0. The molecule has 0 spiro atoms. The van der Waals surface area contributed by atoms with Crippen molar-refractivity contribution >= 4 is 11.7 Å². The van der Waals surface area contributed by atoms with E-state index in [4.69, 9.17) is 10.5 Å². The maximum atomic E-state index is 13.7. The standard InChI is InChI=1S/C18H16FN3O2/c1-10-3-2-4-11(7-10)17-14-9-24-15-6-5-12(19)8-13(15)16(14)21-22(17)18(20)23/h2-8,14,17H,9H2,1H3,(H2,20,23)/t14-,17-/m1/s1. The molecule has 0 saturated heterocycles. The number of halogens is 1. The Morgan fingerprint density at radius 3 is 2.92 bits per heavy atom. The van der Waals surface area contributed by atoms with Gasteiger partial charge in [0, 0.05) is 5.56 Å². The van der Waals surface area contributed by atoms with Crippen LogP contribution in [-0.4, -0.2) is 23.4 Å². The van der Waals surface area contributed by atoms with Gasteiger partial charge in [-0.05, 0) is 30.7 Å². The van der Waals surface area contributed by atoms with Crippen LogP contribution in [0.5, 0.6) is 5.75 Å². The lowest BCUT2D eigenvalue weighted by atomic mass is 9.85. The van der Waals surface area contributed by atoms with Crippen molar-refractivity contribution in [3.05, 3.63) is 65.0 Å². The number of aryl methyl sites for hydroxylation is 1. The molecule has 5 nitrogen and oxygen atoms in total. The van der Waals surface area contributed by atoms with Gasteiger partial charge in [-0.2, -0.15) is 5.10 Å². The van der Waals surface area contributed by atoms with E-state index in [1.54, 1.807) is 6.07 Å². The van der Waals surface area contributed by atoms with Gasteiger partial charge in [0.25, 0.3) is 0 Å². The minimum atomic E-state index is -0.638. The first kappa shape index (κ1) is 14.7. The summed E-state index contributed by atoms with van der Waals surface area (Å²) in [5, 5.41) is 5.68. The largest absolute Gasteiger partial charge is 0.492 e. The van der Waals surface area contributed by atoms with E-state index in [0.717, 1.165) is 11.1 Å². The maximum Gasteiger partial charge on any atom is 0.335 e.